The summed E-state index contributed by atoms with van der Waals surface area (Å²) in [4.78, 5) is 1.27. The average molecular weight is 353 g/mol. The molecular weight excluding hydrogens is 330 g/mol. The Kier molecular flexibility index (Phi) is 5.12. The molecule has 0 aromatic heterocycles. The zero-order chi connectivity index (χ0) is 17.8. The summed E-state index contributed by atoms with van der Waals surface area (Å²) in [6.07, 6.45) is -13.8. The van der Waals surface area contributed by atoms with Crippen LogP contribution in [0.25, 0.3) is 0 Å². The van der Waals surface area contributed by atoms with Gasteiger partial charge in [-0.25, -0.2) is 0 Å². The Labute approximate surface area is 136 Å². The quantitative estimate of drug-likeness (QED) is 0.242. The van der Waals surface area contributed by atoms with Gasteiger partial charge >= 0.3 is 0 Å². The number of ether oxygens (including phenoxy) is 2. The van der Waals surface area contributed by atoms with Gasteiger partial charge in [-0.05, 0) is 0 Å². The fourth-order valence-electron chi connectivity index (χ4n) is 3.59. The molecule has 3 aliphatic heterocycles. The van der Waals surface area contributed by atoms with E-state index in [0.717, 1.165) is 0 Å². The Morgan fingerprint density at radius 3 is 2.08 bits per heavy atom. The number of hydrogen-bond acceptors (Lipinski definition) is 11. The molecule has 0 spiro atoms. The third-order valence-corrected chi connectivity index (χ3v) is 5.01. The molecule has 0 bridgehead atoms. The number of aliphatic hydroxyl groups excluding tert-OH is 8. The maximum atomic E-state index is 10.3. The molecule has 0 saturated carbocycles. The Bertz CT molecular complexity index is 452. The van der Waals surface area contributed by atoms with Crippen molar-refractivity contribution in [1.29, 1.82) is 0 Å². The molecule has 3 rings (SSSR count). The SMILES string of the molecule is OCC1OC(OC2CN3C(O)C(O)C(O)C3C2O)C(O)C(O)C1O. The summed E-state index contributed by atoms with van der Waals surface area (Å²) >= 11 is 0. The van der Waals surface area contributed by atoms with E-state index in [1.807, 2.05) is 0 Å². The van der Waals surface area contributed by atoms with Crippen LogP contribution in [0.5, 0.6) is 0 Å². The second-order valence-electron chi connectivity index (χ2n) is 6.44. The van der Waals surface area contributed by atoms with Crippen LogP contribution in [0.15, 0.2) is 0 Å². The van der Waals surface area contributed by atoms with Crippen molar-refractivity contribution < 1.29 is 50.3 Å². The van der Waals surface area contributed by atoms with Crippen molar-refractivity contribution in [2.45, 2.75) is 67.4 Å². The van der Waals surface area contributed by atoms with Gasteiger partial charge in [0, 0.05) is 6.54 Å². The minimum atomic E-state index is -1.62. The van der Waals surface area contributed by atoms with Crippen LogP contribution in [0, 0.1) is 0 Å². The standard InChI is InChI=1S/C13H23NO10/c15-2-4-7(17)9(19)11(21)13(24-4)23-3-1-14-5(6(3)16)8(18)10(20)12(14)22/h3-13,15-22H,1-2H2. The summed E-state index contributed by atoms with van der Waals surface area (Å²) in [5, 5.41) is 78.2. The smallest absolute Gasteiger partial charge is 0.187 e. The molecule has 8 N–H and O–H groups in total. The van der Waals surface area contributed by atoms with E-state index in [1.165, 1.54) is 4.90 Å². The lowest BCUT2D eigenvalue weighted by molar-refractivity contribution is -0.315. The van der Waals surface area contributed by atoms with Crippen LogP contribution in [-0.4, -0.2) is 126 Å². The van der Waals surface area contributed by atoms with Gasteiger partial charge in [-0.2, -0.15) is 0 Å². The lowest BCUT2D eigenvalue weighted by atomic mass is 9.99. The van der Waals surface area contributed by atoms with Crippen LogP contribution in [-0.2, 0) is 9.47 Å². The normalized spacial score (nSPS) is 55.8. The molecule has 3 saturated heterocycles. The number of hydrogen-bond donors (Lipinski definition) is 8. The van der Waals surface area contributed by atoms with Gasteiger partial charge in [0.2, 0.25) is 0 Å². The lowest BCUT2D eigenvalue weighted by Crippen LogP contribution is -2.60. The molecule has 11 nitrogen and oxygen atoms in total. The molecule has 140 valence electrons. The molecule has 0 aromatic carbocycles. The van der Waals surface area contributed by atoms with Crippen molar-refractivity contribution in [2.24, 2.45) is 0 Å². The van der Waals surface area contributed by atoms with E-state index < -0.39 is 74.0 Å². The van der Waals surface area contributed by atoms with Crippen LogP contribution in [0.1, 0.15) is 0 Å². The van der Waals surface area contributed by atoms with Crippen molar-refractivity contribution in [3.8, 4) is 0 Å². The number of nitrogens with zero attached hydrogens (tertiary/aromatic N) is 1. The topological polar surface area (TPSA) is 184 Å². The Morgan fingerprint density at radius 1 is 0.833 bits per heavy atom. The molecule has 0 aliphatic carbocycles. The molecule has 3 heterocycles. The van der Waals surface area contributed by atoms with Crippen LogP contribution in [0.3, 0.4) is 0 Å². The van der Waals surface area contributed by atoms with Crippen LogP contribution in [0.2, 0.25) is 0 Å². The molecule has 3 fully saturated rings. The van der Waals surface area contributed by atoms with E-state index in [1.54, 1.807) is 0 Å². The van der Waals surface area contributed by atoms with E-state index in [-0.39, 0.29) is 6.54 Å². The molecule has 0 aromatic rings. The highest BCUT2D eigenvalue weighted by Gasteiger charge is 2.58. The number of fused-ring (bicyclic) bond motifs is 1. The third-order valence-electron chi connectivity index (χ3n) is 5.01. The molecular formula is C13H23NO10. The van der Waals surface area contributed by atoms with Crippen molar-refractivity contribution in [2.75, 3.05) is 13.2 Å². The maximum absolute atomic E-state index is 10.3. The first-order valence-electron chi connectivity index (χ1n) is 7.72. The summed E-state index contributed by atoms with van der Waals surface area (Å²) in [5.41, 5.74) is 0. The van der Waals surface area contributed by atoms with E-state index >= 15 is 0 Å². The minimum Gasteiger partial charge on any atom is -0.394 e. The predicted octanol–water partition coefficient (Wildman–Crippen LogP) is -5.73. The summed E-state index contributed by atoms with van der Waals surface area (Å²) in [7, 11) is 0. The zero-order valence-electron chi connectivity index (χ0n) is 12.6. The highest BCUT2D eigenvalue weighted by Crippen LogP contribution is 2.35. The summed E-state index contributed by atoms with van der Waals surface area (Å²) in [6, 6.07) is -0.954. The maximum Gasteiger partial charge on any atom is 0.187 e. The summed E-state index contributed by atoms with van der Waals surface area (Å²) < 4.78 is 10.6. The van der Waals surface area contributed by atoms with Gasteiger partial charge in [0.1, 0.15) is 49.0 Å². The summed E-state index contributed by atoms with van der Waals surface area (Å²) in [6.45, 7) is -0.674. The molecule has 0 amide bonds. The van der Waals surface area contributed by atoms with Crippen molar-refractivity contribution in [3.05, 3.63) is 0 Å². The minimum absolute atomic E-state index is 0.0594. The molecule has 11 atom stereocenters. The summed E-state index contributed by atoms with van der Waals surface area (Å²) in [5.74, 6) is 0. The van der Waals surface area contributed by atoms with E-state index in [9.17, 15) is 35.7 Å². The van der Waals surface area contributed by atoms with Crippen molar-refractivity contribution in [1.82, 2.24) is 4.90 Å². The van der Waals surface area contributed by atoms with Gasteiger partial charge in [0.15, 0.2) is 6.29 Å². The fraction of sp³-hybridized carbons (Fsp3) is 1.00. The molecule has 24 heavy (non-hydrogen) atoms. The second-order valence-corrected chi connectivity index (χ2v) is 6.44. The zero-order valence-corrected chi connectivity index (χ0v) is 12.6. The van der Waals surface area contributed by atoms with E-state index in [2.05, 4.69) is 0 Å². The van der Waals surface area contributed by atoms with Gasteiger partial charge in [-0.15, -0.1) is 0 Å². The first-order valence-corrected chi connectivity index (χ1v) is 7.72. The van der Waals surface area contributed by atoms with Gasteiger partial charge < -0.3 is 50.3 Å². The predicted molar refractivity (Wildman–Crippen MR) is 73.2 cm³/mol. The first-order chi connectivity index (χ1) is 11.3. The molecule has 3 aliphatic rings. The van der Waals surface area contributed by atoms with E-state index in [4.69, 9.17) is 14.6 Å². The van der Waals surface area contributed by atoms with Crippen molar-refractivity contribution in [3.63, 3.8) is 0 Å². The highest BCUT2D eigenvalue weighted by molar-refractivity contribution is 5.08. The highest BCUT2D eigenvalue weighted by atomic mass is 16.7. The Balaban J connectivity index is 1.69. The number of rotatable bonds is 3. The van der Waals surface area contributed by atoms with Crippen LogP contribution in [0.4, 0.5) is 0 Å². The Morgan fingerprint density at radius 2 is 1.50 bits per heavy atom. The van der Waals surface area contributed by atoms with Crippen LogP contribution < -0.4 is 0 Å². The third kappa shape index (κ3) is 2.75. The lowest BCUT2D eigenvalue weighted by Gasteiger charge is -2.40. The van der Waals surface area contributed by atoms with Gasteiger partial charge in [-0.3, -0.25) is 4.90 Å². The van der Waals surface area contributed by atoms with Gasteiger partial charge in [-0.1, -0.05) is 0 Å². The monoisotopic (exact) mass is 353 g/mol. The second kappa shape index (κ2) is 6.70. The van der Waals surface area contributed by atoms with Crippen LogP contribution >= 0.6 is 0 Å². The first kappa shape index (κ1) is 18.4. The van der Waals surface area contributed by atoms with Gasteiger partial charge in [0.05, 0.1) is 18.8 Å². The van der Waals surface area contributed by atoms with E-state index in [0.29, 0.717) is 0 Å². The Hall–Kier alpha value is -0.440. The van der Waals surface area contributed by atoms with Crippen molar-refractivity contribution >= 4 is 0 Å². The fourth-order valence-corrected chi connectivity index (χ4v) is 3.59. The number of aliphatic hydroxyl groups is 8. The molecule has 11 unspecified atom stereocenters. The van der Waals surface area contributed by atoms with Gasteiger partial charge in [0.25, 0.3) is 0 Å². The molecule has 0 radical (unpaired) electrons. The molecule has 11 heteroatoms. The average Bonchev–Trinajstić information content (AvgIpc) is 2.99. The largest absolute Gasteiger partial charge is 0.394 e.